The van der Waals surface area contributed by atoms with Crippen molar-refractivity contribution >= 4 is 21.4 Å². The molecular weight excluding hydrogens is 453 g/mol. The third-order valence-electron chi connectivity index (χ3n) is 4.96. The van der Waals surface area contributed by atoms with Crippen molar-refractivity contribution < 1.29 is 26.4 Å². The SMILES string of the molecule is C=CC(=O)N(CCc1cccc(S(C)(=O)=O)c1)c1ccc(-c2ccc(C(F)(F)F)cc2)nc1. The van der Waals surface area contributed by atoms with Crippen LogP contribution in [0.25, 0.3) is 11.3 Å². The van der Waals surface area contributed by atoms with Gasteiger partial charge in [0.05, 0.1) is 28.0 Å². The highest BCUT2D eigenvalue weighted by Gasteiger charge is 2.30. The van der Waals surface area contributed by atoms with Gasteiger partial charge < -0.3 is 4.90 Å². The van der Waals surface area contributed by atoms with Crippen molar-refractivity contribution in [1.29, 1.82) is 0 Å². The first-order valence-electron chi connectivity index (χ1n) is 9.85. The first-order valence-corrected chi connectivity index (χ1v) is 11.7. The van der Waals surface area contributed by atoms with Crippen LogP contribution in [-0.2, 0) is 27.2 Å². The van der Waals surface area contributed by atoms with Crippen LogP contribution in [0, 0.1) is 0 Å². The molecule has 0 radical (unpaired) electrons. The molecule has 0 saturated heterocycles. The molecule has 1 heterocycles. The van der Waals surface area contributed by atoms with Gasteiger partial charge in [-0.1, -0.05) is 30.8 Å². The lowest BCUT2D eigenvalue weighted by molar-refractivity contribution is -0.137. The van der Waals surface area contributed by atoms with Gasteiger partial charge in [-0.15, -0.1) is 0 Å². The molecule has 5 nitrogen and oxygen atoms in total. The number of benzene rings is 2. The zero-order chi connectivity index (χ0) is 24.2. The number of hydrogen-bond acceptors (Lipinski definition) is 4. The van der Waals surface area contributed by atoms with E-state index in [1.54, 1.807) is 30.3 Å². The van der Waals surface area contributed by atoms with Gasteiger partial charge >= 0.3 is 6.18 Å². The Balaban J connectivity index is 1.79. The largest absolute Gasteiger partial charge is 0.416 e. The number of amides is 1. The standard InChI is InChI=1S/C24H21F3N2O3S/c1-3-23(30)29(14-13-17-5-4-6-21(15-17)33(2,31)32)20-11-12-22(28-16-20)18-7-9-19(10-8-18)24(25,26)27/h3-12,15-16H,1,13-14H2,2H3. The lowest BCUT2D eigenvalue weighted by Crippen LogP contribution is -2.31. The van der Waals surface area contributed by atoms with Crippen LogP contribution < -0.4 is 4.90 Å². The highest BCUT2D eigenvalue weighted by molar-refractivity contribution is 7.90. The Morgan fingerprint density at radius 3 is 2.33 bits per heavy atom. The van der Waals surface area contributed by atoms with Crippen LogP contribution in [0.1, 0.15) is 11.1 Å². The van der Waals surface area contributed by atoms with Gasteiger partial charge in [-0.3, -0.25) is 9.78 Å². The Hall–Kier alpha value is -3.46. The van der Waals surface area contributed by atoms with Gasteiger partial charge in [0.15, 0.2) is 9.84 Å². The summed E-state index contributed by atoms with van der Waals surface area (Å²) in [5.41, 5.74) is 1.45. The summed E-state index contributed by atoms with van der Waals surface area (Å²) in [4.78, 5) is 18.4. The summed E-state index contributed by atoms with van der Waals surface area (Å²) < 4.78 is 61.8. The minimum absolute atomic E-state index is 0.198. The number of anilines is 1. The third kappa shape index (κ3) is 6.07. The lowest BCUT2D eigenvalue weighted by Gasteiger charge is -2.21. The predicted octanol–water partition coefficient (Wildman–Crippen LogP) is 4.93. The van der Waals surface area contributed by atoms with Gasteiger partial charge in [0, 0.05) is 18.4 Å². The van der Waals surface area contributed by atoms with E-state index in [1.165, 1.54) is 29.3 Å². The number of hydrogen-bond donors (Lipinski definition) is 0. The van der Waals surface area contributed by atoms with Crippen LogP contribution in [-0.4, -0.2) is 32.1 Å². The Kier molecular flexibility index (Phi) is 7.02. The average Bonchev–Trinajstić information content (AvgIpc) is 2.78. The van der Waals surface area contributed by atoms with Crippen molar-refractivity contribution in [2.45, 2.75) is 17.5 Å². The second-order valence-electron chi connectivity index (χ2n) is 7.34. The molecule has 3 aromatic rings. The highest BCUT2D eigenvalue weighted by atomic mass is 32.2. The van der Waals surface area contributed by atoms with E-state index in [0.29, 0.717) is 23.4 Å². The maximum absolute atomic E-state index is 12.8. The first-order chi connectivity index (χ1) is 15.5. The van der Waals surface area contributed by atoms with E-state index in [9.17, 15) is 26.4 Å². The van der Waals surface area contributed by atoms with Crippen molar-refractivity contribution in [3.63, 3.8) is 0 Å². The molecule has 0 bridgehead atoms. The van der Waals surface area contributed by atoms with Crippen molar-refractivity contribution in [2.24, 2.45) is 0 Å². The minimum Gasteiger partial charge on any atom is -0.307 e. The van der Waals surface area contributed by atoms with Gasteiger partial charge in [0.1, 0.15) is 0 Å². The summed E-state index contributed by atoms with van der Waals surface area (Å²) in [6, 6.07) is 14.4. The maximum Gasteiger partial charge on any atom is 0.416 e. The van der Waals surface area contributed by atoms with Crippen LogP contribution in [0.5, 0.6) is 0 Å². The van der Waals surface area contributed by atoms with E-state index >= 15 is 0 Å². The monoisotopic (exact) mass is 474 g/mol. The van der Waals surface area contributed by atoms with Gasteiger partial charge in [-0.05, 0) is 54.5 Å². The molecule has 0 saturated carbocycles. The molecule has 1 aromatic heterocycles. The highest BCUT2D eigenvalue weighted by Crippen LogP contribution is 2.31. The van der Waals surface area contributed by atoms with Crippen LogP contribution in [0.2, 0.25) is 0 Å². The Bertz CT molecular complexity index is 1250. The number of carbonyl (C=O) groups is 1. The van der Waals surface area contributed by atoms with Gasteiger partial charge in [0.25, 0.3) is 0 Å². The molecule has 0 unspecified atom stereocenters. The van der Waals surface area contributed by atoms with Crippen LogP contribution >= 0.6 is 0 Å². The van der Waals surface area contributed by atoms with Crippen LogP contribution in [0.15, 0.2) is 84.4 Å². The second-order valence-corrected chi connectivity index (χ2v) is 9.36. The molecule has 0 aliphatic carbocycles. The number of alkyl halides is 3. The van der Waals surface area contributed by atoms with Gasteiger partial charge in [0.2, 0.25) is 5.91 Å². The molecule has 2 aromatic carbocycles. The average molecular weight is 475 g/mol. The number of carbonyl (C=O) groups excluding carboxylic acids is 1. The molecule has 172 valence electrons. The Morgan fingerprint density at radius 2 is 1.79 bits per heavy atom. The molecule has 0 aliphatic heterocycles. The van der Waals surface area contributed by atoms with E-state index in [0.717, 1.165) is 30.0 Å². The van der Waals surface area contributed by atoms with E-state index in [-0.39, 0.29) is 17.3 Å². The van der Waals surface area contributed by atoms with E-state index in [1.807, 2.05) is 0 Å². The Labute approximate surface area is 190 Å². The summed E-state index contributed by atoms with van der Waals surface area (Å²) in [5, 5.41) is 0. The first kappa shape index (κ1) is 24.2. The fourth-order valence-corrected chi connectivity index (χ4v) is 3.89. The van der Waals surface area contributed by atoms with Crippen molar-refractivity contribution in [1.82, 2.24) is 4.98 Å². The third-order valence-corrected chi connectivity index (χ3v) is 6.07. The lowest BCUT2D eigenvalue weighted by atomic mass is 10.1. The molecule has 0 fully saturated rings. The molecule has 33 heavy (non-hydrogen) atoms. The summed E-state index contributed by atoms with van der Waals surface area (Å²) in [7, 11) is -3.35. The minimum atomic E-state index is -4.41. The fourth-order valence-electron chi connectivity index (χ4n) is 3.20. The number of aromatic nitrogens is 1. The topological polar surface area (TPSA) is 67.3 Å². The molecule has 9 heteroatoms. The fraction of sp³-hybridized carbons (Fsp3) is 0.167. The summed E-state index contributed by atoms with van der Waals surface area (Å²) >= 11 is 0. The quantitative estimate of drug-likeness (QED) is 0.456. The number of sulfone groups is 1. The maximum atomic E-state index is 12.8. The van der Waals surface area contributed by atoms with Gasteiger partial charge in [-0.25, -0.2) is 8.42 Å². The summed E-state index contributed by atoms with van der Waals surface area (Å²) in [5.74, 6) is -0.363. The molecule has 1 amide bonds. The smallest absolute Gasteiger partial charge is 0.307 e. The molecule has 3 rings (SSSR count). The van der Waals surface area contributed by atoms with Crippen LogP contribution in [0.4, 0.5) is 18.9 Å². The van der Waals surface area contributed by atoms with Crippen molar-refractivity contribution in [3.8, 4) is 11.3 Å². The number of rotatable bonds is 7. The van der Waals surface area contributed by atoms with E-state index in [2.05, 4.69) is 11.6 Å². The summed E-state index contributed by atoms with van der Waals surface area (Å²) in [6.45, 7) is 3.77. The number of pyridine rings is 1. The zero-order valence-electron chi connectivity index (χ0n) is 17.7. The van der Waals surface area contributed by atoms with Gasteiger partial charge in [-0.2, -0.15) is 13.2 Å². The number of halogens is 3. The molecule has 0 atom stereocenters. The molecule has 0 aliphatic rings. The van der Waals surface area contributed by atoms with Crippen molar-refractivity contribution in [2.75, 3.05) is 17.7 Å². The normalized spacial score (nSPS) is 11.8. The molecule has 0 N–H and O–H groups in total. The second kappa shape index (κ2) is 9.58. The zero-order valence-corrected chi connectivity index (χ0v) is 18.5. The van der Waals surface area contributed by atoms with E-state index in [4.69, 9.17) is 0 Å². The summed E-state index contributed by atoms with van der Waals surface area (Å²) in [6.07, 6.45) is -0.270. The molecular formula is C24H21F3N2O3S. The van der Waals surface area contributed by atoms with E-state index < -0.39 is 21.6 Å². The molecule has 0 spiro atoms. The number of nitrogens with zero attached hydrogens (tertiary/aromatic N) is 2. The van der Waals surface area contributed by atoms with Crippen molar-refractivity contribution in [3.05, 3.63) is 90.6 Å². The predicted molar refractivity (Wildman–Crippen MR) is 120 cm³/mol. The Morgan fingerprint density at radius 1 is 1.09 bits per heavy atom. The van der Waals surface area contributed by atoms with Crippen LogP contribution in [0.3, 0.4) is 0 Å².